The summed E-state index contributed by atoms with van der Waals surface area (Å²) in [6.07, 6.45) is 2.71. The first-order valence-electron chi connectivity index (χ1n) is 11.1. The first kappa shape index (κ1) is 23.2. The van der Waals surface area contributed by atoms with Crippen LogP contribution in [0, 0.1) is 28.4 Å². The normalized spacial score (nSPS) is 14.4. The third-order valence-corrected chi connectivity index (χ3v) is 6.31. The molecule has 3 aromatic carbocycles. The van der Waals surface area contributed by atoms with E-state index in [2.05, 4.69) is 18.0 Å². The molecular weight excluding hydrogens is 430 g/mol. The Hall–Kier alpha value is -3.98. The molecule has 0 aromatic heterocycles. The molecular formula is C28H26F2N4. The lowest BCUT2D eigenvalue weighted by Crippen LogP contribution is -2.04. The number of fused-ring (bicyclic) bond motifs is 1. The van der Waals surface area contributed by atoms with Crippen LogP contribution in [0.3, 0.4) is 0 Å². The van der Waals surface area contributed by atoms with E-state index in [4.69, 9.17) is 11.1 Å². The Morgan fingerprint density at radius 1 is 1.18 bits per heavy atom. The summed E-state index contributed by atoms with van der Waals surface area (Å²) in [5.74, 6) is -1.02. The number of hydrogen-bond acceptors (Lipinski definition) is 4. The van der Waals surface area contributed by atoms with E-state index in [1.807, 2.05) is 13.0 Å². The van der Waals surface area contributed by atoms with E-state index in [0.29, 0.717) is 17.2 Å². The molecule has 4 rings (SSSR count). The van der Waals surface area contributed by atoms with Crippen molar-refractivity contribution in [2.24, 2.45) is 0 Å². The molecule has 0 fully saturated rings. The maximum Gasteiger partial charge on any atom is 0.154 e. The summed E-state index contributed by atoms with van der Waals surface area (Å²) in [4.78, 5) is 0. The largest absolute Gasteiger partial charge is 0.396 e. The van der Waals surface area contributed by atoms with Crippen LogP contribution in [0.25, 0.3) is 11.1 Å². The Labute approximate surface area is 198 Å². The minimum atomic E-state index is -0.754. The molecule has 172 valence electrons. The molecule has 6 heteroatoms. The van der Waals surface area contributed by atoms with Crippen molar-refractivity contribution in [2.45, 2.75) is 39.0 Å². The predicted molar refractivity (Wildman–Crippen MR) is 134 cm³/mol. The highest BCUT2D eigenvalue weighted by atomic mass is 19.1. The first-order chi connectivity index (χ1) is 16.2. The molecule has 0 spiro atoms. The summed E-state index contributed by atoms with van der Waals surface area (Å²) in [7, 11) is 0. The number of nitrogens with zero attached hydrogens (tertiary/aromatic N) is 1. The van der Waals surface area contributed by atoms with Crippen molar-refractivity contribution in [3.63, 3.8) is 0 Å². The van der Waals surface area contributed by atoms with Gasteiger partial charge in [0.15, 0.2) is 5.82 Å². The number of hydrogen-bond donors (Lipinski definition) is 3. The molecule has 34 heavy (non-hydrogen) atoms. The van der Waals surface area contributed by atoms with Gasteiger partial charge < -0.3 is 16.5 Å². The van der Waals surface area contributed by atoms with Crippen molar-refractivity contribution in [2.75, 3.05) is 11.1 Å². The van der Waals surface area contributed by atoms with Gasteiger partial charge in [0.25, 0.3) is 0 Å². The number of anilines is 3. The van der Waals surface area contributed by atoms with Gasteiger partial charge in [-0.15, -0.1) is 6.58 Å². The van der Waals surface area contributed by atoms with Gasteiger partial charge in [0.2, 0.25) is 0 Å². The highest BCUT2D eigenvalue weighted by molar-refractivity contribution is 6.01. The second kappa shape index (κ2) is 9.11. The van der Waals surface area contributed by atoms with Crippen LogP contribution in [0.15, 0.2) is 54.6 Å². The molecule has 0 heterocycles. The molecule has 1 aliphatic carbocycles. The summed E-state index contributed by atoms with van der Waals surface area (Å²) in [5.41, 5.74) is 11.5. The Kier molecular flexibility index (Phi) is 6.21. The van der Waals surface area contributed by atoms with Crippen LogP contribution in [0.4, 0.5) is 25.8 Å². The molecule has 4 N–H and O–H groups in total. The number of halogens is 2. The quantitative estimate of drug-likeness (QED) is 0.208. The van der Waals surface area contributed by atoms with E-state index in [1.54, 1.807) is 12.1 Å². The van der Waals surface area contributed by atoms with E-state index in [1.165, 1.54) is 31.2 Å². The van der Waals surface area contributed by atoms with Crippen LogP contribution >= 0.6 is 0 Å². The van der Waals surface area contributed by atoms with Crippen molar-refractivity contribution < 1.29 is 8.78 Å². The maximum absolute atomic E-state index is 15.0. The zero-order valence-corrected chi connectivity index (χ0v) is 19.2. The summed E-state index contributed by atoms with van der Waals surface area (Å²) in [5, 5.41) is 20.6. The molecule has 3 aromatic rings. The van der Waals surface area contributed by atoms with Crippen molar-refractivity contribution in [1.29, 1.82) is 10.7 Å². The summed E-state index contributed by atoms with van der Waals surface area (Å²) >= 11 is 0. The molecule has 0 saturated heterocycles. The third kappa shape index (κ3) is 4.29. The smallest absolute Gasteiger partial charge is 0.154 e. The number of nitrogens with two attached hydrogens (primary N) is 1. The lowest BCUT2D eigenvalue weighted by atomic mass is 9.93. The van der Waals surface area contributed by atoms with Gasteiger partial charge in [-0.1, -0.05) is 17.7 Å². The first-order valence-corrected chi connectivity index (χ1v) is 11.1. The standard InChI is InChI=1S/C28H26F2N4/c1-15(2)10-18-4-6-21-23(18)11-17(14-31)12-26(21)34-19-5-9-25(29)24(13-19)22-8-7-20(16(3)32)28(33)27(22)30/h5,7-9,11-13,18,32,34H,1,4,6,10,33H2,2-3H3. The van der Waals surface area contributed by atoms with Gasteiger partial charge >= 0.3 is 0 Å². The highest BCUT2D eigenvalue weighted by Gasteiger charge is 2.26. The van der Waals surface area contributed by atoms with Gasteiger partial charge in [0, 0.05) is 33.8 Å². The second-order valence-corrected chi connectivity index (χ2v) is 8.93. The van der Waals surface area contributed by atoms with Crippen LogP contribution in [-0.4, -0.2) is 5.71 Å². The number of nitriles is 1. The average Bonchev–Trinajstić information content (AvgIpc) is 3.19. The van der Waals surface area contributed by atoms with Crippen molar-refractivity contribution in [3.8, 4) is 17.2 Å². The molecule has 0 saturated carbocycles. The fourth-order valence-electron chi connectivity index (χ4n) is 4.71. The van der Waals surface area contributed by atoms with E-state index in [-0.39, 0.29) is 28.1 Å². The minimum Gasteiger partial charge on any atom is -0.396 e. The van der Waals surface area contributed by atoms with Crippen LogP contribution < -0.4 is 11.1 Å². The molecule has 0 amide bonds. The summed E-state index contributed by atoms with van der Waals surface area (Å²) in [6, 6.07) is 13.3. The predicted octanol–water partition coefficient (Wildman–Crippen LogP) is 7.21. The van der Waals surface area contributed by atoms with Gasteiger partial charge in [-0.05, 0) is 80.5 Å². The zero-order valence-electron chi connectivity index (χ0n) is 19.2. The lowest BCUT2D eigenvalue weighted by molar-refractivity contribution is 0.618. The van der Waals surface area contributed by atoms with Crippen molar-refractivity contribution >= 4 is 22.8 Å². The van der Waals surface area contributed by atoms with Crippen LogP contribution in [0.2, 0.25) is 0 Å². The second-order valence-electron chi connectivity index (χ2n) is 8.93. The Bertz CT molecular complexity index is 1370. The molecule has 1 aliphatic rings. The Morgan fingerprint density at radius 2 is 1.94 bits per heavy atom. The van der Waals surface area contributed by atoms with Crippen molar-refractivity contribution in [1.82, 2.24) is 0 Å². The van der Waals surface area contributed by atoms with E-state index in [0.717, 1.165) is 41.6 Å². The average molecular weight is 457 g/mol. The number of allylic oxidation sites excluding steroid dienone is 1. The topological polar surface area (TPSA) is 85.7 Å². The van der Waals surface area contributed by atoms with Gasteiger partial charge in [-0.3, -0.25) is 0 Å². The highest BCUT2D eigenvalue weighted by Crippen LogP contribution is 2.42. The van der Waals surface area contributed by atoms with Gasteiger partial charge in [-0.2, -0.15) is 5.26 Å². The molecule has 4 nitrogen and oxygen atoms in total. The van der Waals surface area contributed by atoms with Crippen LogP contribution in [0.5, 0.6) is 0 Å². The SMILES string of the molecule is C=C(C)CC1CCc2c(Nc3ccc(F)c(-c4ccc(C(C)=N)c(N)c4F)c3)cc(C#N)cc21. The van der Waals surface area contributed by atoms with Gasteiger partial charge in [0.05, 0.1) is 17.3 Å². The van der Waals surface area contributed by atoms with Gasteiger partial charge in [0.1, 0.15) is 5.82 Å². The Morgan fingerprint density at radius 3 is 2.62 bits per heavy atom. The van der Waals surface area contributed by atoms with E-state index >= 15 is 4.39 Å². The lowest BCUT2D eigenvalue weighted by Gasteiger charge is -2.16. The number of nitrogen functional groups attached to an aromatic ring is 1. The molecule has 0 aliphatic heterocycles. The fourth-order valence-corrected chi connectivity index (χ4v) is 4.71. The zero-order chi connectivity index (χ0) is 24.6. The maximum atomic E-state index is 15.0. The molecule has 1 atom stereocenters. The summed E-state index contributed by atoms with van der Waals surface area (Å²) in [6.45, 7) is 7.56. The minimum absolute atomic E-state index is 0.0289. The van der Waals surface area contributed by atoms with E-state index in [9.17, 15) is 9.65 Å². The van der Waals surface area contributed by atoms with Crippen LogP contribution in [0.1, 0.15) is 54.9 Å². The number of nitrogens with one attached hydrogen (secondary N) is 2. The number of rotatable bonds is 6. The summed E-state index contributed by atoms with van der Waals surface area (Å²) < 4.78 is 29.8. The molecule has 0 bridgehead atoms. The third-order valence-electron chi connectivity index (χ3n) is 6.31. The van der Waals surface area contributed by atoms with E-state index < -0.39 is 11.6 Å². The van der Waals surface area contributed by atoms with Crippen molar-refractivity contribution in [3.05, 3.63) is 88.5 Å². The number of benzene rings is 3. The van der Waals surface area contributed by atoms with Gasteiger partial charge in [-0.25, -0.2) is 8.78 Å². The monoisotopic (exact) mass is 456 g/mol. The fraction of sp³-hybridized carbons (Fsp3) is 0.214. The molecule has 0 radical (unpaired) electrons. The molecule has 1 unspecified atom stereocenters. The Balaban J connectivity index is 1.74. The van der Waals surface area contributed by atoms with Crippen LogP contribution in [-0.2, 0) is 6.42 Å².